The molecule has 1 aliphatic heterocycles. The highest BCUT2D eigenvalue weighted by atomic mass is 16.5. The number of carbonyl (C=O) groups excluding carboxylic acids is 1. The maximum absolute atomic E-state index is 13.4. The summed E-state index contributed by atoms with van der Waals surface area (Å²) in [6, 6.07) is 5.49. The van der Waals surface area contributed by atoms with Crippen LogP contribution in [-0.2, 0) is 6.54 Å². The number of fused-ring (bicyclic) bond motifs is 1. The fourth-order valence-corrected chi connectivity index (χ4v) is 3.97. The molecule has 4 rings (SSSR count). The average Bonchev–Trinajstić information content (AvgIpc) is 3.65. The number of ether oxygens (including phenoxy) is 1. The standard InChI is InChI=1S/C26H32N4O3/c1-18-14-30(19(2)17-31)26(32)23-12-22(7-6-20-4-5-20)13-28-25(23)33-24(18)16-29(3)15-21-8-10-27-11-9-21/h8-13,18-20,24,31H,4-5,14-17H2,1-3H3/t18-,19+,24-/m1/s1. The number of hydrogen-bond acceptors (Lipinski definition) is 6. The third-order valence-electron chi connectivity index (χ3n) is 6.21. The van der Waals surface area contributed by atoms with Crippen molar-refractivity contribution in [2.75, 3.05) is 26.7 Å². The summed E-state index contributed by atoms with van der Waals surface area (Å²) in [6.45, 7) is 5.77. The van der Waals surface area contributed by atoms with E-state index in [1.165, 1.54) is 5.56 Å². The second-order valence-corrected chi connectivity index (χ2v) is 9.30. The number of rotatable bonds is 6. The minimum atomic E-state index is -0.303. The van der Waals surface area contributed by atoms with E-state index < -0.39 is 0 Å². The zero-order chi connectivity index (χ0) is 23.4. The van der Waals surface area contributed by atoms with Gasteiger partial charge >= 0.3 is 0 Å². The lowest BCUT2D eigenvalue weighted by Gasteiger charge is -2.37. The van der Waals surface area contributed by atoms with Gasteiger partial charge in [-0.1, -0.05) is 18.8 Å². The molecule has 0 aromatic carbocycles. The number of aliphatic hydroxyl groups excluding tert-OH is 1. The Kier molecular flexibility index (Phi) is 7.26. The zero-order valence-electron chi connectivity index (χ0n) is 19.6. The lowest BCUT2D eigenvalue weighted by Crippen LogP contribution is -2.49. The average molecular weight is 449 g/mol. The van der Waals surface area contributed by atoms with E-state index in [-0.39, 0.29) is 30.6 Å². The van der Waals surface area contributed by atoms with E-state index in [1.54, 1.807) is 29.6 Å². The van der Waals surface area contributed by atoms with Gasteiger partial charge in [0, 0.05) is 55.6 Å². The van der Waals surface area contributed by atoms with Gasteiger partial charge in [0.05, 0.1) is 12.6 Å². The normalized spacial score (nSPS) is 21.4. The third-order valence-corrected chi connectivity index (χ3v) is 6.21. The first-order valence-electron chi connectivity index (χ1n) is 11.6. The predicted molar refractivity (Wildman–Crippen MR) is 126 cm³/mol. The van der Waals surface area contributed by atoms with Crippen LogP contribution in [0.5, 0.6) is 5.88 Å². The van der Waals surface area contributed by atoms with Gasteiger partial charge in [0.1, 0.15) is 11.7 Å². The van der Waals surface area contributed by atoms with Crippen LogP contribution in [0.1, 0.15) is 48.2 Å². The van der Waals surface area contributed by atoms with Crippen LogP contribution in [0, 0.1) is 23.7 Å². The molecule has 0 unspecified atom stereocenters. The van der Waals surface area contributed by atoms with Crippen molar-refractivity contribution >= 4 is 5.91 Å². The first kappa shape index (κ1) is 23.2. The first-order chi connectivity index (χ1) is 15.9. The van der Waals surface area contributed by atoms with Gasteiger partial charge in [-0.15, -0.1) is 0 Å². The maximum atomic E-state index is 13.4. The van der Waals surface area contributed by atoms with Crippen LogP contribution < -0.4 is 4.74 Å². The molecule has 0 radical (unpaired) electrons. The fraction of sp³-hybridized carbons (Fsp3) is 0.500. The lowest BCUT2D eigenvalue weighted by atomic mass is 9.99. The molecule has 3 atom stereocenters. The van der Waals surface area contributed by atoms with Crippen LogP contribution in [0.25, 0.3) is 0 Å². The molecule has 2 aliphatic rings. The molecular weight excluding hydrogens is 416 g/mol. The zero-order valence-corrected chi connectivity index (χ0v) is 19.6. The number of carbonyl (C=O) groups is 1. The Morgan fingerprint density at radius 2 is 2.09 bits per heavy atom. The summed E-state index contributed by atoms with van der Waals surface area (Å²) < 4.78 is 6.36. The van der Waals surface area contributed by atoms with Gasteiger partial charge in [0.2, 0.25) is 5.88 Å². The molecule has 1 N–H and O–H groups in total. The lowest BCUT2D eigenvalue weighted by molar-refractivity contribution is 0.0325. The molecule has 2 aromatic rings. The predicted octanol–water partition coefficient (Wildman–Crippen LogP) is 2.59. The van der Waals surface area contributed by atoms with Crippen molar-refractivity contribution in [2.24, 2.45) is 11.8 Å². The summed E-state index contributed by atoms with van der Waals surface area (Å²) in [5.41, 5.74) is 2.30. The van der Waals surface area contributed by atoms with E-state index in [4.69, 9.17) is 4.74 Å². The van der Waals surface area contributed by atoms with Gasteiger partial charge in [0.25, 0.3) is 5.91 Å². The topological polar surface area (TPSA) is 78.8 Å². The number of aromatic nitrogens is 2. The van der Waals surface area contributed by atoms with Crippen LogP contribution in [0.2, 0.25) is 0 Å². The molecule has 0 saturated heterocycles. The largest absolute Gasteiger partial charge is 0.472 e. The van der Waals surface area contributed by atoms with Gasteiger partial charge in [-0.25, -0.2) is 4.98 Å². The summed E-state index contributed by atoms with van der Waals surface area (Å²) in [6.07, 6.45) is 7.38. The van der Waals surface area contributed by atoms with E-state index >= 15 is 0 Å². The number of amides is 1. The number of hydrogen-bond donors (Lipinski definition) is 1. The van der Waals surface area contributed by atoms with E-state index in [0.717, 1.165) is 19.4 Å². The molecule has 7 heteroatoms. The van der Waals surface area contributed by atoms with Crippen molar-refractivity contribution in [1.82, 2.24) is 19.8 Å². The molecule has 0 spiro atoms. The van der Waals surface area contributed by atoms with E-state index in [2.05, 4.69) is 40.7 Å². The van der Waals surface area contributed by atoms with Crippen LogP contribution >= 0.6 is 0 Å². The molecular formula is C26H32N4O3. The summed E-state index contributed by atoms with van der Waals surface area (Å²) in [5, 5.41) is 9.81. The van der Waals surface area contributed by atoms with Crippen molar-refractivity contribution < 1.29 is 14.6 Å². The number of nitrogens with zero attached hydrogens (tertiary/aromatic N) is 4. The highest BCUT2D eigenvalue weighted by Crippen LogP contribution is 2.29. The Labute approximate surface area is 195 Å². The maximum Gasteiger partial charge on any atom is 0.259 e. The van der Waals surface area contributed by atoms with Crippen molar-refractivity contribution in [1.29, 1.82) is 0 Å². The van der Waals surface area contributed by atoms with Gasteiger partial charge < -0.3 is 14.7 Å². The summed E-state index contributed by atoms with van der Waals surface area (Å²) >= 11 is 0. The SMILES string of the molecule is C[C@@H]1CN([C@@H](C)CO)C(=O)c2cc(C#CC3CC3)cnc2O[C@@H]1CN(C)Cc1ccncc1. The van der Waals surface area contributed by atoms with Gasteiger partial charge in [-0.3, -0.25) is 14.7 Å². The Bertz CT molecular complexity index is 1030. The van der Waals surface area contributed by atoms with Crippen molar-refractivity contribution in [2.45, 2.75) is 45.4 Å². The van der Waals surface area contributed by atoms with Crippen LogP contribution in [0.15, 0.2) is 36.8 Å². The number of pyridine rings is 2. The van der Waals surface area contributed by atoms with Gasteiger partial charge in [-0.2, -0.15) is 0 Å². The van der Waals surface area contributed by atoms with Crippen LogP contribution in [0.3, 0.4) is 0 Å². The first-order valence-corrected chi connectivity index (χ1v) is 11.6. The third kappa shape index (κ3) is 5.89. The monoisotopic (exact) mass is 448 g/mol. The molecule has 174 valence electrons. The minimum Gasteiger partial charge on any atom is -0.472 e. The molecule has 2 aromatic heterocycles. The van der Waals surface area contributed by atoms with Crippen molar-refractivity contribution in [3.63, 3.8) is 0 Å². The fourth-order valence-electron chi connectivity index (χ4n) is 3.97. The summed E-state index contributed by atoms with van der Waals surface area (Å²) in [4.78, 5) is 26.0. The molecule has 3 heterocycles. The number of likely N-dealkylation sites (N-methyl/N-ethyl adjacent to an activating group) is 1. The molecule has 7 nitrogen and oxygen atoms in total. The molecule has 1 fully saturated rings. The highest BCUT2D eigenvalue weighted by molar-refractivity contribution is 5.97. The highest BCUT2D eigenvalue weighted by Gasteiger charge is 2.34. The van der Waals surface area contributed by atoms with Crippen LogP contribution in [-0.4, -0.2) is 69.7 Å². The summed E-state index contributed by atoms with van der Waals surface area (Å²) in [5.74, 6) is 7.05. The molecule has 33 heavy (non-hydrogen) atoms. The van der Waals surface area contributed by atoms with Gasteiger partial charge in [0.15, 0.2) is 0 Å². The van der Waals surface area contributed by atoms with Crippen molar-refractivity contribution in [3.05, 3.63) is 53.5 Å². The Hall–Kier alpha value is -2.95. The Balaban J connectivity index is 1.60. The molecule has 0 bridgehead atoms. The smallest absolute Gasteiger partial charge is 0.259 e. The van der Waals surface area contributed by atoms with Gasteiger partial charge in [-0.05, 0) is 50.6 Å². The molecule has 1 saturated carbocycles. The Morgan fingerprint density at radius 1 is 1.33 bits per heavy atom. The van der Waals surface area contributed by atoms with E-state index in [9.17, 15) is 9.90 Å². The van der Waals surface area contributed by atoms with E-state index in [1.807, 2.05) is 19.1 Å². The molecule has 1 amide bonds. The van der Waals surface area contributed by atoms with Crippen LogP contribution in [0.4, 0.5) is 0 Å². The minimum absolute atomic E-state index is 0.0483. The Morgan fingerprint density at radius 3 is 2.79 bits per heavy atom. The van der Waals surface area contributed by atoms with Crippen molar-refractivity contribution in [3.8, 4) is 17.7 Å². The summed E-state index contributed by atoms with van der Waals surface area (Å²) in [7, 11) is 2.06. The van der Waals surface area contributed by atoms with E-state index in [0.29, 0.717) is 36.0 Å². The second kappa shape index (κ2) is 10.3. The molecule has 1 aliphatic carbocycles. The second-order valence-electron chi connectivity index (χ2n) is 9.30. The number of aliphatic hydroxyl groups is 1. The quantitative estimate of drug-likeness (QED) is 0.685.